The zero-order chi connectivity index (χ0) is 23.8. The third kappa shape index (κ3) is 3.72. The van der Waals surface area contributed by atoms with E-state index in [0.717, 1.165) is 21.7 Å². The number of carbonyl (C=O) groups excluding carboxylic acids is 2. The highest BCUT2D eigenvalue weighted by molar-refractivity contribution is 7.17. The van der Waals surface area contributed by atoms with Crippen LogP contribution in [0.4, 0.5) is 5.69 Å². The molecule has 6 heteroatoms. The molecule has 5 rings (SSSR count). The number of aliphatic hydroxyl groups is 1. The van der Waals surface area contributed by atoms with E-state index in [2.05, 4.69) is 4.98 Å². The van der Waals surface area contributed by atoms with Crippen molar-refractivity contribution in [2.45, 2.75) is 19.9 Å². The van der Waals surface area contributed by atoms with Crippen molar-refractivity contribution in [2.24, 2.45) is 0 Å². The first-order chi connectivity index (χ1) is 16.5. The van der Waals surface area contributed by atoms with Crippen molar-refractivity contribution >= 4 is 28.7 Å². The Hall–Kier alpha value is -4.03. The van der Waals surface area contributed by atoms with E-state index in [1.54, 1.807) is 6.92 Å². The van der Waals surface area contributed by atoms with Gasteiger partial charge in [0.15, 0.2) is 5.76 Å². The van der Waals surface area contributed by atoms with E-state index in [4.69, 9.17) is 0 Å². The quantitative estimate of drug-likeness (QED) is 0.355. The summed E-state index contributed by atoms with van der Waals surface area (Å²) in [4.78, 5) is 33.7. The van der Waals surface area contributed by atoms with Gasteiger partial charge in [-0.3, -0.25) is 14.5 Å². The van der Waals surface area contributed by atoms with Crippen molar-refractivity contribution in [3.63, 3.8) is 0 Å². The van der Waals surface area contributed by atoms with Crippen molar-refractivity contribution in [3.05, 3.63) is 118 Å². The molecular weight excluding hydrogens is 444 g/mol. The lowest BCUT2D eigenvalue weighted by atomic mass is 9.95. The summed E-state index contributed by atoms with van der Waals surface area (Å²) in [5.41, 5.74) is 3.90. The number of rotatable bonds is 5. The molecule has 2 heterocycles. The van der Waals surface area contributed by atoms with Crippen LogP contribution in [0.3, 0.4) is 0 Å². The molecule has 1 aliphatic rings. The fraction of sp³-hybridized carbons (Fsp3) is 0.107. The summed E-state index contributed by atoms with van der Waals surface area (Å²) in [6, 6.07) is 25.7. The van der Waals surface area contributed by atoms with Gasteiger partial charge >= 0.3 is 0 Å². The van der Waals surface area contributed by atoms with Gasteiger partial charge in [-0.05, 0) is 37.1 Å². The zero-order valence-electron chi connectivity index (χ0n) is 18.7. The maximum absolute atomic E-state index is 13.9. The Kier molecular flexibility index (Phi) is 5.59. The molecule has 0 fully saturated rings. The standard InChI is InChI=1S/C28H22N2O3S/c1-17-10-9-15-21(16-17)30-23(19-11-5-3-6-12-19)22(25(32)28(30)33)24(31)26-18(2)29-27(34-26)20-13-7-4-8-14-20/h3-16,23,32H,1-2H3. The summed E-state index contributed by atoms with van der Waals surface area (Å²) >= 11 is 1.27. The smallest absolute Gasteiger partial charge is 0.294 e. The normalized spacial score (nSPS) is 15.8. The molecule has 1 N–H and O–H groups in total. The minimum Gasteiger partial charge on any atom is -0.503 e. The van der Waals surface area contributed by atoms with Gasteiger partial charge in [0.05, 0.1) is 22.2 Å². The first-order valence-corrected chi connectivity index (χ1v) is 11.7. The third-order valence-corrected chi connectivity index (χ3v) is 7.08. The summed E-state index contributed by atoms with van der Waals surface area (Å²) in [5.74, 6) is -1.49. The molecule has 3 aromatic carbocycles. The van der Waals surface area contributed by atoms with Crippen LogP contribution in [0.25, 0.3) is 10.6 Å². The minimum absolute atomic E-state index is 0.0732. The molecule has 0 aliphatic carbocycles. The van der Waals surface area contributed by atoms with E-state index in [1.165, 1.54) is 16.2 Å². The van der Waals surface area contributed by atoms with Crippen molar-refractivity contribution in [1.82, 2.24) is 4.98 Å². The van der Waals surface area contributed by atoms with E-state index >= 15 is 0 Å². The molecule has 5 nitrogen and oxygen atoms in total. The lowest BCUT2D eigenvalue weighted by Gasteiger charge is -2.27. The molecule has 0 saturated carbocycles. The summed E-state index contributed by atoms with van der Waals surface area (Å²) in [6.07, 6.45) is 0. The van der Waals surface area contributed by atoms with Crippen LogP contribution in [0.5, 0.6) is 0 Å². The molecule has 34 heavy (non-hydrogen) atoms. The number of benzene rings is 3. The summed E-state index contributed by atoms with van der Waals surface area (Å²) in [7, 11) is 0. The number of Topliss-reactive ketones (excluding diaryl/α,β-unsaturated/α-hetero) is 1. The second kappa shape index (κ2) is 8.72. The van der Waals surface area contributed by atoms with Crippen LogP contribution in [-0.2, 0) is 4.79 Å². The predicted octanol–water partition coefficient (Wildman–Crippen LogP) is 6.21. The first-order valence-electron chi connectivity index (χ1n) is 10.9. The van der Waals surface area contributed by atoms with E-state index in [0.29, 0.717) is 16.3 Å². The van der Waals surface area contributed by atoms with E-state index < -0.39 is 17.7 Å². The number of thiazole rings is 1. The lowest BCUT2D eigenvalue weighted by Crippen LogP contribution is -2.31. The minimum atomic E-state index is -0.746. The van der Waals surface area contributed by atoms with Crippen LogP contribution in [-0.4, -0.2) is 21.8 Å². The Labute approximate surface area is 201 Å². The fourth-order valence-electron chi connectivity index (χ4n) is 4.27. The molecule has 0 saturated heterocycles. The average Bonchev–Trinajstić information content (AvgIpc) is 3.37. The van der Waals surface area contributed by atoms with Gasteiger partial charge in [0.25, 0.3) is 5.91 Å². The van der Waals surface area contributed by atoms with Crippen LogP contribution < -0.4 is 4.90 Å². The van der Waals surface area contributed by atoms with Crippen molar-refractivity contribution in [2.75, 3.05) is 4.90 Å². The molecule has 4 aromatic rings. The van der Waals surface area contributed by atoms with Crippen molar-refractivity contribution in [1.29, 1.82) is 0 Å². The molecule has 1 aromatic heterocycles. The molecule has 0 bridgehead atoms. The lowest BCUT2D eigenvalue weighted by molar-refractivity contribution is -0.117. The largest absolute Gasteiger partial charge is 0.503 e. The topological polar surface area (TPSA) is 70.5 Å². The second-order valence-corrected chi connectivity index (χ2v) is 9.22. The number of amides is 1. The number of hydrogen-bond acceptors (Lipinski definition) is 5. The Balaban J connectivity index is 1.63. The highest BCUT2D eigenvalue weighted by Gasteiger charge is 2.45. The van der Waals surface area contributed by atoms with Crippen LogP contribution in [0.2, 0.25) is 0 Å². The second-order valence-electron chi connectivity index (χ2n) is 8.22. The molecule has 0 radical (unpaired) electrons. The SMILES string of the molecule is Cc1cccc(N2C(=O)C(O)=C(C(=O)c3sc(-c4ccccc4)nc3C)C2c2ccccc2)c1. The summed E-state index contributed by atoms with van der Waals surface area (Å²) in [6.45, 7) is 3.72. The molecule has 1 amide bonds. The fourth-order valence-corrected chi connectivity index (χ4v) is 5.29. The number of carbonyl (C=O) groups is 2. The molecule has 1 aliphatic heterocycles. The number of ketones is 1. The number of anilines is 1. The van der Waals surface area contributed by atoms with Gasteiger partial charge in [-0.25, -0.2) is 4.98 Å². The zero-order valence-corrected chi connectivity index (χ0v) is 19.5. The van der Waals surface area contributed by atoms with E-state index in [1.807, 2.05) is 91.9 Å². The predicted molar refractivity (Wildman–Crippen MR) is 134 cm³/mol. The van der Waals surface area contributed by atoms with Gasteiger partial charge < -0.3 is 5.11 Å². The monoisotopic (exact) mass is 466 g/mol. The number of hydrogen-bond donors (Lipinski definition) is 1. The number of aromatic nitrogens is 1. The number of aryl methyl sites for hydroxylation is 2. The van der Waals surface area contributed by atoms with Crippen molar-refractivity contribution < 1.29 is 14.7 Å². The summed E-state index contributed by atoms with van der Waals surface area (Å²) in [5, 5.41) is 11.7. The maximum Gasteiger partial charge on any atom is 0.294 e. The highest BCUT2D eigenvalue weighted by Crippen LogP contribution is 2.43. The van der Waals surface area contributed by atoms with E-state index in [9.17, 15) is 14.7 Å². The van der Waals surface area contributed by atoms with Gasteiger partial charge in [-0.2, -0.15) is 0 Å². The Bertz CT molecular complexity index is 1420. The van der Waals surface area contributed by atoms with Crippen LogP contribution >= 0.6 is 11.3 Å². The molecule has 0 spiro atoms. The third-order valence-electron chi connectivity index (χ3n) is 5.87. The van der Waals surface area contributed by atoms with Crippen molar-refractivity contribution in [3.8, 4) is 10.6 Å². The molecule has 168 valence electrons. The molecular formula is C28H22N2O3S. The van der Waals surface area contributed by atoms with Crippen LogP contribution in [0.1, 0.15) is 32.5 Å². The summed E-state index contributed by atoms with van der Waals surface area (Å²) < 4.78 is 0. The average molecular weight is 467 g/mol. The number of nitrogens with zero attached hydrogens (tertiary/aromatic N) is 2. The Morgan fingerprint density at radius 2 is 1.62 bits per heavy atom. The molecule has 1 unspecified atom stereocenters. The Morgan fingerprint density at radius 3 is 2.29 bits per heavy atom. The van der Waals surface area contributed by atoms with Gasteiger partial charge in [-0.1, -0.05) is 72.8 Å². The number of aliphatic hydroxyl groups excluding tert-OH is 1. The van der Waals surface area contributed by atoms with Gasteiger partial charge in [0.2, 0.25) is 5.78 Å². The molecule has 1 atom stereocenters. The Morgan fingerprint density at radius 1 is 0.941 bits per heavy atom. The van der Waals surface area contributed by atoms with Crippen LogP contribution in [0, 0.1) is 13.8 Å². The first kappa shape index (κ1) is 21.8. The van der Waals surface area contributed by atoms with Gasteiger partial charge in [-0.15, -0.1) is 11.3 Å². The van der Waals surface area contributed by atoms with Gasteiger partial charge in [0, 0.05) is 11.3 Å². The maximum atomic E-state index is 13.9. The van der Waals surface area contributed by atoms with Crippen LogP contribution in [0.15, 0.2) is 96.3 Å². The van der Waals surface area contributed by atoms with E-state index in [-0.39, 0.29) is 11.4 Å². The highest BCUT2D eigenvalue weighted by atomic mass is 32.1. The van der Waals surface area contributed by atoms with Gasteiger partial charge in [0.1, 0.15) is 5.01 Å².